The van der Waals surface area contributed by atoms with Crippen LogP contribution in [0.2, 0.25) is 0 Å². The number of alkyl halides is 4. The van der Waals surface area contributed by atoms with Crippen molar-refractivity contribution in [1.29, 1.82) is 0 Å². The molecule has 134 valence electrons. The lowest BCUT2D eigenvalue weighted by Crippen LogP contribution is -2.24. The van der Waals surface area contributed by atoms with Crippen LogP contribution < -0.4 is 11.0 Å². The first-order valence-corrected chi connectivity index (χ1v) is 7.94. The Morgan fingerprint density at radius 2 is 1.81 bits per heavy atom. The van der Waals surface area contributed by atoms with Crippen molar-refractivity contribution in [2.24, 2.45) is 0 Å². The minimum atomic E-state index is -4.55. The van der Waals surface area contributed by atoms with Gasteiger partial charge >= 0.3 is 11.9 Å². The number of para-hydroxylation sites is 1. The fraction of sp³-hybridized carbons (Fsp3) is 0.222. The molecule has 2 atom stereocenters. The molecular weight excluding hydrogens is 350 g/mol. The highest BCUT2D eigenvalue weighted by Crippen LogP contribution is 2.35. The molecule has 4 rings (SSSR count). The number of aromatic nitrogens is 2. The lowest BCUT2D eigenvalue weighted by atomic mass is 10.1. The van der Waals surface area contributed by atoms with Crippen LogP contribution in [0.3, 0.4) is 0 Å². The van der Waals surface area contributed by atoms with Crippen LogP contribution in [-0.4, -0.2) is 21.8 Å². The molecule has 1 aromatic heterocycles. The van der Waals surface area contributed by atoms with E-state index in [1.54, 1.807) is 30.3 Å². The smallest absolute Gasteiger partial charge is 0.364 e. The van der Waals surface area contributed by atoms with E-state index in [-0.39, 0.29) is 17.8 Å². The number of benzene rings is 2. The minimum absolute atomic E-state index is 0.0598. The Morgan fingerprint density at radius 1 is 1.12 bits per heavy atom. The number of nitrogens with zero attached hydrogens (tertiary/aromatic N) is 2. The van der Waals surface area contributed by atoms with Crippen LogP contribution in [0.4, 0.5) is 23.4 Å². The van der Waals surface area contributed by atoms with Crippen molar-refractivity contribution in [2.45, 2.75) is 24.8 Å². The van der Waals surface area contributed by atoms with Gasteiger partial charge in [-0.05, 0) is 30.3 Å². The summed E-state index contributed by atoms with van der Waals surface area (Å²) in [7, 11) is 0. The topological polar surface area (TPSA) is 46.9 Å². The van der Waals surface area contributed by atoms with Crippen LogP contribution in [0.25, 0.3) is 16.6 Å². The summed E-state index contributed by atoms with van der Waals surface area (Å²) < 4.78 is 53.8. The maximum Gasteiger partial charge on any atom is 0.416 e. The Morgan fingerprint density at radius 3 is 2.42 bits per heavy atom. The fourth-order valence-corrected chi connectivity index (χ4v) is 2.83. The predicted molar refractivity (Wildman–Crippen MR) is 89.3 cm³/mol. The van der Waals surface area contributed by atoms with Crippen molar-refractivity contribution in [3.63, 3.8) is 0 Å². The first-order valence-electron chi connectivity index (χ1n) is 7.94. The Bertz CT molecular complexity index is 1030. The number of halogens is 4. The Hall–Kier alpha value is -2.90. The number of rotatable bonds is 3. The van der Waals surface area contributed by atoms with Crippen LogP contribution in [-0.2, 0) is 6.18 Å². The highest BCUT2D eigenvalue weighted by atomic mass is 19.4. The number of hydrogen-bond acceptors (Lipinski definition) is 3. The van der Waals surface area contributed by atoms with Crippen LogP contribution in [0.5, 0.6) is 0 Å². The third-order valence-electron chi connectivity index (χ3n) is 4.27. The van der Waals surface area contributed by atoms with Gasteiger partial charge in [0.2, 0.25) is 0 Å². The summed E-state index contributed by atoms with van der Waals surface area (Å²) in [5, 5.41) is 3.13. The van der Waals surface area contributed by atoms with E-state index in [0.717, 1.165) is 16.7 Å². The highest BCUT2D eigenvalue weighted by Gasteiger charge is 2.38. The monoisotopic (exact) mass is 363 g/mol. The van der Waals surface area contributed by atoms with E-state index in [9.17, 15) is 22.4 Å². The molecule has 1 aliphatic carbocycles. The maximum absolute atomic E-state index is 13.2. The zero-order chi connectivity index (χ0) is 18.5. The van der Waals surface area contributed by atoms with Gasteiger partial charge in [-0.2, -0.15) is 18.2 Å². The van der Waals surface area contributed by atoms with Crippen LogP contribution >= 0.6 is 0 Å². The molecule has 1 saturated carbocycles. The molecule has 26 heavy (non-hydrogen) atoms. The third-order valence-corrected chi connectivity index (χ3v) is 4.27. The standard InChI is InChI=1S/C18H13F4N3O/c19-13-9-14(13)23-16-12-7-6-10(18(20,21)22)8-15(12)25(17(26)24-16)11-4-2-1-3-5-11/h1-8,13-14H,9H2,(H,23,24,26)/t13-,14?/m0/s1. The quantitative estimate of drug-likeness (QED) is 0.718. The van der Waals surface area contributed by atoms with Crippen LogP contribution in [0.15, 0.2) is 53.3 Å². The molecule has 8 heteroatoms. The largest absolute Gasteiger partial charge is 0.416 e. The molecular formula is C18H13F4N3O. The normalized spacial score (nSPS) is 19.5. The number of fused-ring (bicyclic) bond motifs is 1. The number of anilines is 1. The molecule has 0 aliphatic heterocycles. The predicted octanol–water partition coefficient (Wildman–Crippen LogP) is 3.93. The van der Waals surface area contributed by atoms with Gasteiger partial charge in [-0.25, -0.2) is 9.18 Å². The van der Waals surface area contributed by atoms with Gasteiger partial charge in [0.15, 0.2) is 0 Å². The second-order valence-electron chi connectivity index (χ2n) is 6.15. The van der Waals surface area contributed by atoms with Gasteiger partial charge in [0.05, 0.1) is 22.8 Å². The number of hydrogen-bond donors (Lipinski definition) is 1. The average molecular weight is 363 g/mol. The van der Waals surface area contributed by atoms with E-state index < -0.39 is 29.6 Å². The Balaban J connectivity index is 1.98. The summed E-state index contributed by atoms with van der Waals surface area (Å²) in [4.78, 5) is 16.5. The molecule has 1 N–H and O–H groups in total. The molecule has 0 radical (unpaired) electrons. The van der Waals surface area contributed by atoms with Crippen molar-refractivity contribution in [1.82, 2.24) is 9.55 Å². The van der Waals surface area contributed by atoms with Crippen LogP contribution in [0, 0.1) is 0 Å². The molecule has 1 aliphatic rings. The maximum atomic E-state index is 13.2. The van der Waals surface area contributed by atoms with E-state index in [1.165, 1.54) is 6.07 Å². The van der Waals surface area contributed by atoms with Gasteiger partial charge in [-0.3, -0.25) is 4.57 Å². The Labute approximate surface area is 145 Å². The molecule has 0 amide bonds. The summed E-state index contributed by atoms with van der Waals surface area (Å²) in [5.74, 6) is 0.0936. The summed E-state index contributed by atoms with van der Waals surface area (Å²) in [6, 6.07) is 10.9. The van der Waals surface area contributed by atoms with Crippen molar-refractivity contribution in [2.75, 3.05) is 5.32 Å². The molecule has 1 fully saturated rings. The van der Waals surface area contributed by atoms with Gasteiger partial charge in [0.25, 0.3) is 0 Å². The van der Waals surface area contributed by atoms with E-state index in [4.69, 9.17) is 0 Å². The average Bonchev–Trinajstić information content (AvgIpc) is 3.29. The van der Waals surface area contributed by atoms with Crippen molar-refractivity contribution in [3.05, 3.63) is 64.6 Å². The summed E-state index contributed by atoms with van der Waals surface area (Å²) in [6.45, 7) is 0. The molecule has 1 heterocycles. The van der Waals surface area contributed by atoms with E-state index in [1.807, 2.05) is 0 Å². The molecule has 0 saturated heterocycles. The molecule has 0 spiro atoms. The van der Waals surface area contributed by atoms with Crippen molar-refractivity contribution < 1.29 is 17.6 Å². The first-order chi connectivity index (χ1) is 12.3. The third kappa shape index (κ3) is 2.91. The van der Waals surface area contributed by atoms with Gasteiger partial charge in [-0.1, -0.05) is 18.2 Å². The summed E-state index contributed by atoms with van der Waals surface area (Å²) in [6.07, 6.45) is -5.31. The Kier molecular flexibility index (Phi) is 3.71. The molecule has 1 unspecified atom stereocenters. The summed E-state index contributed by atoms with van der Waals surface area (Å²) >= 11 is 0. The van der Waals surface area contributed by atoms with Crippen molar-refractivity contribution in [3.8, 4) is 5.69 Å². The van der Waals surface area contributed by atoms with E-state index in [2.05, 4.69) is 10.3 Å². The lowest BCUT2D eigenvalue weighted by Gasteiger charge is -2.15. The van der Waals surface area contributed by atoms with Gasteiger partial charge in [-0.15, -0.1) is 0 Å². The lowest BCUT2D eigenvalue weighted by molar-refractivity contribution is -0.137. The highest BCUT2D eigenvalue weighted by molar-refractivity contribution is 5.91. The fourth-order valence-electron chi connectivity index (χ4n) is 2.83. The molecule has 3 aromatic rings. The number of nitrogens with one attached hydrogen (secondary N) is 1. The first kappa shape index (κ1) is 16.6. The minimum Gasteiger partial charge on any atom is -0.364 e. The van der Waals surface area contributed by atoms with E-state index >= 15 is 0 Å². The van der Waals surface area contributed by atoms with Gasteiger partial charge < -0.3 is 5.32 Å². The molecule has 0 bridgehead atoms. The van der Waals surface area contributed by atoms with Crippen LogP contribution in [0.1, 0.15) is 12.0 Å². The van der Waals surface area contributed by atoms with Crippen molar-refractivity contribution >= 4 is 16.7 Å². The van der Waals surface area contributed by atoms with Gasteiger partial charge in [0, 0.05) is 11.8 Å². The second-order valence-corrected chi connectivity index (χ2v) is 6.15. The van der Waals surface area contributed by atoms with E-state index in [0.29, 0.717) is 11.1 Å². The molecule has 2 aromatic carbocycles. The van der Waals surface area contributed by atoms with Gasteiger partial charge in [0.1, 0.15) is 12.0 Å². The zero-order valence-electron chi connectivity index (χ0n) is 13.3. The second kappa shape index (κ2) is 5.82. The SMILES string of the molecule is O=c1nc(NC2C[C@@H]2F)c2ccc(C(F)(F)F)cc2n1-c1ccccc1. The summed E-state index contributed by atoms with van der Waals surface area (Å²) in [5.41, 5.74) is -1.15. The zero-order valence-corrected chi connectivity index (χ0v) is 13.3. The molecule has 4 nitrogen and oxygen atoms in total.